The Morgan fingerprint density at radius 2 is 2.22 bits per heavy atom. The number of hydrogen-bond acceptors (Lipinski definition) is 2. The first-order chi connectivity index (χ1) is 4.20. The van der Waals surface area contributed by atoms with Crippen LogP contribution < -0.4 is 5.32 Å². The summed E-state index contributed by atoms with van der Waals surface area (Å²) in [5.41, 5.74) is 0. The lowest BCUT2D eigenvalue weighted by molar-refractivity contribution is 0.502. The summed E-state index contributed by atoms with van der Waals surface area (Å²) in [6.07, 6.45) is 0.923. The molecule has 1 fully saturated rings. The Labute approximate surface area is 65.2 Å². The average Bonchev–Trinajstić information content (AvgIpc) is 1.80. The minimum absolute atomic E-state index is 0.742. The highest BCUT2D eigenvalue weighted by atomic mass is 32.1. The van der Waals surface area contributed by atoms with Crippen LogP contribution in [0.4, 0.5) is 0 Å². The fraction of sp³-hybridized carbons (Fsp3) is 0.600. The Morgan fingerprint density at radius 1 is 1.56 bits per heavy atom. The molecule has 0 radical (unpaired) electrons. The molecule has 0 amide bonds. The summed E-state index contributed by atoms with van der Waals surface area (Å²) in [5, 5.41) is 3.66. The number of nitrogens with zero attached hydrogens (tertiary/aromatic N) is 1. The van der Waals surface area contributed by atoms with E-state index in [0.717, 1.165) is 23.1 Å². The van der Waals surface area contributed by atoms with Gasteiger partial charge in [-0.05, 0) is 12.2 Å². The van der Waals surface area contributed by atoms with Gasteiger partial charge in [-0.3, -0.25) is 0 Å². The first kappa shape index (κ1) is 6.89. The summed E-state index contributed by atoms with van der Waals surface area (Å²) in [7, 11) is 1.96. The van der Waals surface area contributed by atoms with Gasteiger partial charge >= 0.3 is 0 Å². The number of thiocarbonyl (C=S) groups is 2. The molecular weight excluding hydrogens is 152 g/mol. The molecular formula is C5H8N2S2. The van der Waals surface area contributed by atoms with Crippen molar-refractivity contribution in [3.63, 3.8) is 0 Å². The van der Waals surface area contributed by atoms with Crippen LogP contribution in [0.5, 0.6) is 0 Å². The van der Waals surface area contributed by atoms with Crippen LogP contribution >= 0.6 is 24.4 Å². The van der Waals surface area contributed by atoms with Gasteiger partial charge in [0.15, 0.2) is 5.11 Å². The van der Waals surface area contributed by atoms with Gasteiger partial charge in [0, 0.05) is 20.0 Å². The van der Waals surface area contributed by atoms with Crippen molar-refractivity contribution in [1.82, 2.24) is 10.2 Å². The van der Waals surface area contributed by atoms with Crippen molar-refractivity contribution in [2.24, 2.45) is 0 Å². The van der Waals surface area contributed by atoms with Crippen LogP contribution in [0.1, 0.15) is 6.42 Å². The van der Waals surface area contributed by atoms with Crippen molar-refractivity contribution in [1.29, 1.82) is 0 Å². The zero-order chi connectivity index (χ0) is 6.85. The van der Waals surface area contributed by atoms with Crippen LogP contribution in [0.15, 0.2) is 0 Å². The summed E-state index contributed by atoms with van der Waals surface area (Å²) in [6, 6.07) is 0. The van der Waals surface area contributed by atoms with Crippen LogP contribution in [-0.2, 0) is 0 Å². The Bertz CT molecular complexity index is 155. The molecule has 1 N–H and O–H groups in total. The maximum Gasteiger partial charge on any atom is 0.173 e. The predicted octanol–water partition coefficient (Wildman–Crippen LogP) is 0.524. The zero-order valence-corrected chi connectivity index (χ0v) is 6.81. The van der Waals surface area contributed by atoms with Crippen molar-refractivity contribution < 1.29 is 0 Å². The van der Waals surface area contributed by atoms with Gasteiger partial charge in [-0.2, -0.15) is 0 Å². The predicted molar refractivity (Wildman–Crippen MR) is 45.6 cm³/mol. The van der Waals surface area contributed by atoms with E-state index in [4.69, 9.17) is 24.4 Å². The summed E-state index contributed by atoms with van der Waals surface area (Å²) < 4.78 is 0. The maximum atomic E-state index is 4.93. The van der Waals surface area contributed by atoms with E-state index in [0.29, 0.717) is 0 Å². The van der Waals surface area contributed by atoms with Crippen LogP contribution in [0.3, 0.4) is 0 Å². The Hall–Kier alpha value is -0.220. The fourth-order valence-corrected chi connectivity index (χ4v) is 1.12. The molecule has 50 valence electrons. The summed E-state index contributed by atoms with van der Waals surface area (Å²) in [5.74, 6) is 0. The highest BCUT2D eigenvalue weighted by molar-refractivity contribution is 7.81. The van der Waals surface area contributed by atoms with E-state index in [9.17, 15) is 0 Å². The molecule has 0 aliphatic carbocycles. The zero-order valence-electron chi connectivity index (χ0n) is 5.18. The van der Waals surface area contributed by atoms with Crippen molar-refractivity contribution in [3.05, 3.63) is 0 Å². The molecule has 0 saturated carbocycles. The van der Waals surface area contributed by atoms with Crippen molar-refractivity contribution in [2.45, 2.75) is 6.42 Å². The first-order valence-corrected chi connectivity index (χ1v) is 3.57. The second kappa shape index (κ2) is 2.58. The Morgan fingerprint density at radius 3 is 2.67 bits per heavy atom. The monoisotopic (exact) mass is 160 g/mol. The van der Waals surface area contributed by atoms with E-state index in [2.05, 4.69) is 5.32 Å². The molecule has 2 nitrogen and oxygen atoms in total. The van der Waals surface area contributed by atoms with Gasteiger partial charge in [0.2, 0.25) is 0 Å². The quantitative estimate of drug-likeness (QED) is 0.520. The van der Waals surface area contributed by atoms with E-state index >= 15 is 0 Å². The fourth-order valence-electron chi connectivity index (χ4n) is 0.648. The normalized spacial score (nSPS) is 19.9. The molecule has 4 heteroatoms. The molecule has 0 unspecified atom stereocenters. The largest absolute Gasteiger partial charge is 0.352 e. The van der Waals surface area contributed by atoms with E-state index in [1.807, 2.05) is 11.9 Å². The Balaban J connectivity index is 2.54. The van der Waals surface area contributed by atoms with Crippen molar-refractivity contribution in [3.8, 4) is 0 Å². The third kappa shape index (κ3) is 1.59. The van der Waals surface area contributed by atoms with Crippen LogP contribution in [0, 0.1) is 0 Å². The van der Waals surface area contributed by atoms with Gasteiger partial charge < -0.3 is 10.2 Å². The van der Waals surface area contributed by atoms with Crippen LogP contribution in [0.25, 0.3) is 0 Å². The van der Waals surface area contributed by atoms with E-state index in [1.165, 1.54) is 0 Å². The van der Waals surface area contributed by atoms with Gasteiger partial charge in [-0.25, -0.2) is 0 Å². The number of rotatable bonds is 0. The topological polar surface area (TPSA) is 15.3 Å². The molecule has 1 rings (SSSR count). The van der Waals surface area contributed by atoms with Crippen molar-refractivity contribution in [2.75, 3.05) is 13.6 Å². The molecule has 0 spiro atoms. The van der Waals surface area contributed by atoms with Gasteiger partial charge in [-0.15, -0.1) is 0 Å². The minimum Gasteiger partial charge on any atom is -0.352 e. The van der Waals surface area contributed by atoms with E-state index in [1.54, 1.807) is 0 Å². The highest BCUT2D eigenvalue weighted by Crippen LogP contribution is 1.97. The van der Waals surface area contributed by atoms with E-state index in [-0.39, 0.29) is 0 Å². The first-order valence-electron chi connectivity index (χ1n) is 2.75. The standard InChI is InChI=1S/C5H8N2S2/c1-7-3-2-4(8)6-5(7)9/h2-3H2,1H3,(H,6,8,9). The molecule has 0 bridgehead atoms. The minimum atomic E-state index is 0.742. The lowest BCUT2D eigenvalue weighted by Crippen LogP contribution is -2.46. The van der Waals surface area contributed by atoms with Gasteiger partial charge in [0.1, 0.15) is 0 Å². The summed E-state index contributed by atoms with van der Waals surface area (Å²) in [4.78, 5) is 2.84. The second-order valence-corrected chi connectivity index (χ2v) is 2.90. The molecule has 0 aromatic carbocycles. The van der Waals surface area contributed by atoms with Gasteiger partial charge in [-0.1, -0.05) is 12.2 Å². The SMILES string of the molecule is CN1CCC(=S)NC1=S. The summed E-state index contributed by atoms with van der Waals surface area (Å²) in [6.45, 7) is 0.949. The molecule has 0 aromatic heterocycles. The maximum absolute atomic E-state index is 4.93. The van der Waals surface area contributed by atoms with Crippen molar-refractivity contribution >= 4 is 34.5 Å². The third-order valence-electron chi connectivity index (χ3n) is 1.27. The van der Waals surface area contributed by atoms with E-state index < -0.39 is 0 Å². The Kier molecular flexibility index (Phi) is 1.97. The van der Waals surface area contributed by atoms with Gasteiger partial charge in [0.25, 0.3) is 0 Å². The van der Waals surface area contributed by atoms with Crippen LogP contribution in [0.2, 0.25) is 0 Å². The molecule has 1 saturated heterocycles. The number of hydrogen-bond donors (Lipinski definition) is 1. The molecule has 1 aliphatic heterocycles. The second-order valence-electron chi connectivity index (χ2n) is 2.02. The lowest BCUT2D eigenvalue weighted by atomic mass is 10.3. The third-order valence-corrected chi connectivity index (χ3v) is 1.99. The molecule has 1 aliphatic rings. The molecule has 0 aromatic rings. The highest BCUT2D eigenvalue weighted by Gasteiger charge is 2.12. The smallest absolute Gasteiger partial charge is 0.173 e. The lowest BCUT2D eigenvalue weighted by Gasteiger charge is -2.26. The molecule has 0 atom stereocenters. The average molecular weight is 160 g/mol. The van der Waals surface area contributed by atoms with Crippen LogP contribution in [-0.4, -0.2) is 28.6 Å². The number of nitrogens with one attached hydrogen (secondary N) is 1. The molecule has 1 heterocycles. The molecule has 9 heavy (non-hydrogen) atoms. The van der Waals surface area contributed by atoms with Gasteiger partial charge in [0.05, 0.1) is 4.99 Å². The summed E-state index contributed by atoms with van der Waals surface area (Å²) >= 11 is 9.84.